The van der Waals surface area contributed by atoms with E-state index in [9.17, 15) is 31.7 Å². The third kappa shape index (κ3) is 5.45. The molecule has 0 unspecified atom stereocenters. The molecule has 1 aliphatic rings. The van der Waals surface area contributed by atoms with E-state index in [1.54, 1.807) is 0 Å². The highest BCUT2D eigenvalue weighted by Crippen LogP contribution is 2.21. The molecule has 1 aliphatic heterocycles. The minimum Gasteiger partial charge on any atom is -0.340 e. The lowest BCUT2D eigenvalue weighted by Gasteiger charge is -2.34. The van der Waals surface area contributed by atoms with E-state index < -0.39 is 25.0 Å². The normalized spacial score (nSPS) is 15.4. The standard InChI is InChI=1S/C18H21N5O7S2/c24-18(7-9-20-31(27,28)17-2-1-8-19-14-17)21-10-12-22(13-11-21)32(29,30)16-5-3-15(4-6-16)23(25)26/h1-6,8,14,20H,7,9-13H2. The van der Waals surface area contributed by atoms with Crippen molar-refractivity contribution in [1.29, 1.82) is 0 Å². The number of nitrogens with one attached hydrogen (secondary N) is 1. The smallest absolute Gasteiger partial charge is 0.269 e. The van der Waals surface area contributed by atoms with Gasteiger partial charge in [0.1, 0.15) is 4.90 Å². The number of piperazine rings is 1. The molecule has 3 rings (SSSR count). The first-order valence-corrected chi connectivity index (χ1v) is 12.5. The first-order chi connectivity index (χ1) is 15.1. The van der Waals surface area contributed by atoms with Crippen LogP contribution in [0.1, 0.15) is 6.42 Å². The van der Waals surface area contributed by atoms with Gasteiger partial charge in [-0.2, -0.15) is 4.31 Å². The number of hydrogen-bond acceptors (Lipinski definition) is 8. The molecule has 1 saturated heterocycles. The molecule has 0 spiro atoms. The average molecular weight is 484 g/mol. The summed E-state index contributed by atoms with van der Waals surface area (Å²) in [5.74, 6) is -0.300. The molecule has 2 heterocycles. The van der Waals surface area contributed by atoms with E-state index in [4.69, 9.17) is 0 Å². The van der Waals surface area contributed by atoms with Gasteiger partial charge in [0, 0.05) is 63.7 Å². The van der Waals surface area contributed by atoms with Crippen LogP contribution in [0.15, 0.2) is 58.6 Å². The lowest BCUT2D eigenvalue weighted by atomic mass is 10.3. The van der Waals surface area contributed by atoms with Gasteiger partial charge in [-0.25, -0.2) is 21.6 Å². The summed E-state index contributed by atoms with van der Waals surface area (Å²) in [6.45, 7) is 0.330. The molecule has 0 saturated carbocycles. The molecule has 0 radical (unpaired) electrons. The van der Waals surface area contributed by atoms with Crippen molar-refractivity contribution in [2.24, 2.45) is 0 Å². The van der Waals surface area contributed by atoms with E-state index in [1.807, 2.05) is 0 Å². The molecular weight excluding hydrogens is 462 g/mol. The molecule has 14 heteroatoms. The number of benzene rings is 1. The minimum absolute atomic E-state index is 0.00230. The monoisotopic (exact) mass is 483 g/mol. The second kappa shape index (κ2) is 9.68. The summed E-state index contributed by atoms with van der Waals surface area (Å²) in [5.41, 5.74) is -0.210. The van der Waals surface area contributed by atoms with Gasteiger partial charge >= 0.3 is 0 Å². The van der Waals surface area contributed by atoms with Crippen LogP contribution in [0.3, 0.4) is 0 Å². The topological polar surface area (TPSA) is 160 Å². The summed E-state index contributed by atoms with van der Waals surface area (Å²) in [7, 11) is -7.61. The SMILES string of the molecule is O=C(CCNS(=O)(=O)c1cccnc1)N1CCN(S(=O)(=O)c2ccc([N+](=O)[O-])cc2)CC1. The number of nitrogens with zero attached hydrogens (tertiary/aromatic N) is 4. The molecule has 1 amide bonds. The number of carbonyl (C=O) groups excluding carboxylic acids is 1. The molecule has 1 fully saturated rings. The van der Waals surface area contributed by atoms with Crippen LogP contribution in [0, 0.1) is 10.1 Å². The largest absolute Gasteiger partial charge is 0.340 e. The minimum atomic E-state index is -3.85. The van der Waals surface area contributed by atoms with Gasteiger partial charge in [-0.05, 0) is 24.3 Å². The molecule has 1 N–H and O–H groups in total. The summed E-state index contributed by atoms with van der Waals surface area (Å²) in [6, 6.07) is 7.49. The predicted molar refractivity (Wildman–Crippen MR) is 112 cm³/mol. The zero-order valence-corrected chi connectivity index (χ0v) is 18.5. The summed E-state index contributed by atoms with van der Waals surface area (Å²) in [6.07, 6.45) is 2.58. The molecule has 32 heavy (non-hydrogen) atoms. The van der Waals surface area contributed by atoms with Gasteiger partial charge in [-0.1, -0.05) is 0 Å². The Hall–Kier alpha value is -2.94. The van der Waals surface area contributed by atoms with Crippen LogP contribution in [0.25, 0.3) is 0 Å². The molecular formula is C18H21N5O7S2. The highest BCUT2D eigenvalue weighted by Gasteiger charge is 2.30. The van der Waals surface area contributed by atoms with Gasteiger partial charge in [-0.3, -0.25) is 19.9 Å². The Labute approximate surface area is 185 Å². The number of sulfonamides is 2. The van der Waals surface area contributed by atoms with Gasteiger partial charge < -0.3 is 4.90 Å². The van der Waals surface area contributed by atoms with Crippen molar-refractivity contribution in [3.63, 3.8) is 0 Å². The summed E-state index contributed by atoms with van der Waals surface area (Å²) < 4.78 is 53.3. The Morgan fingerprint density at radius 3 is 2.25 bits per heavy atom. The van der Waals surface area contributed by atoms with Crippen molar-refractivity contribution in [2.45, 2.75) is 16.2 Å². The number of amides is 1. The first-order valence-electron chi connectivity index (χ1n) is 9.53. The van der Waals surface area contributed by atoms with Crippen molar-refractivity contribution in [3.8, 4) is 0 Å². The fourth-order valence-corrected chi connectivity index (χ4v) is 5.52. The van der Waals surface area contributed by atoms with E-state index in [2.05, 4.69) is 9.71 Å². The Bertz CT molecular complexity index is 1180. The third-order valence-electron chi connectivity index (χ3n) is 4.85. The van der Waals surface area contributed by atoms with E-state index in [1.165, 1.54) is 45.9 Å². The van der Waals surface area contributed by atoms with E-state index in [0.29, 0.717) is 0 Å². The maximum atomic E-state index is 12.7. The maximum absolute atomic E-state index is 12.7. The van der Waals surface area contributed by atoms with Crippen molar-refractivity contribution in [3.05, 3.63) is 58.9 Å². The lowest BCUT2D eigenvalue weighted by molar-refractivity contribution is -0.384. The molecule has 172 valence electrons. The van der Waals surface area contributed by atoms with E-state index >= 15 is 0 Å². The number of rotatable bonds is 8. The van der Waals surface area contributed by atoms with Gasteiger partial charge in [0.25, 0.3) is 5.69 Å². The molecule has 0 atom stereocenters. The molecule has 0 bridgehead atoms. The Kier molecular flexibility index (Phi) is 7.18. The Balaban J connectivity index is 1.51. The van der Waals surface area contributed by atoms with Crippen molar-refractivity contribution < 1.29 is 26.6 Å². The molecule has 1 aromatic carbocycles. The van der Waals surface area contributed by atoms with E-state index in [-0.39, 0.29) is 60.5 Å². The van der Waals surface area contributed by atoms with Crippen LogP contribution >= 0.6 is 0 Å². The molecule has 12 nitrogen and oxygen atoms in total. The quantitative estimate of drug-likeness (QED) is 0.411. The number of aromatic nitrogens is 1. The number of pyridine rings is 1. The van der Waals surface area contributed by atoms with Gasteiger partial charge in [-0.15, -0.1) is 0 Å². The van der Waals surface area contributed by atoms with Gasteiger partial charge in [0.15, 0.2) is 0 Å². The fourth-order valence-electron chi connectivity index (χ4n) is 3.11. The molecule has 1 aromatic heterocycles. The average Bonchev–Trinajstić information content (AvgIpc) is 2.79. The number of hydrogen-bond donors (Lipinski definition) is 1. The first kappa shape index (κ1) is 23.7. The highest BCUT2D eigenvalue weighted by molar-refractivity contribution is 7.89. The van der Waals surface area contributed by atoms with Crippen LogP contribution in [0.2, 0.25) is 0 Å². The second-order valence-corrected chi connectivity index (χ2v) is 10.6. The van der Waals surface area contributed by atoms with Crippen LogP contribution in [-0.4, -0.2) is 74.6 Å². The van der Waals surface area contributed by atoms with Crippen molar-refractivity contribution >= 4 is 31.6 Å². The number of nitro groups is 1. The van der Waals surface area contributed by atoms with Crippen LogP contribution < -0.4 is 4.72 Å². The zero-order valence-electron chi connectivity index (χ0n) is 16.8. The van der Waals surface area contributed by atoms with E-state index in [0.717, 1.165) is 12.1 Å². The van der Waals surface area contributed by atoms with Crippen LogP contribution in [-0.2, 0) is 24.8 Å². The summed E-state index contributed by atoms with van der Waals surface area (Å²) in [5, 5.41) is 10.7. The third-order valence-corrected chi connectivity index (χ3v) is 8.21. The Morgan fingerprint density at radius 2 is 1.69 bits per heavy atom. The van der Waals surface area contributed by atoms with Gasteiger partial charge in [0.2, 0.25) is 26.0 Å². The molecule has 0 aliphatic carbocycles. The lowest BCUT2D eigenvalue weighted by Crippen LogP contribution is -2.50. The predicted octanol–water partition coefficient (Wildman–Crippen LogP) is 0.191. The zero-order chi connectivity index (χ0) is 23.4. The van der Waals surface area contributed by atoms with Crippen molar-refractivity contribution in [2.75, 3.05) is 32.7 Å². The number of nitro benzene ring substituents is 1. The molecule has 2 aromatic rings. The Morgan fingerprint density at radius 1 is 1.03 bits per heavy atom. The van der Waals surface area contributed by atoms with Gasteiger partial charge in [0.05, 0.1) is 9.82 Å². The number of carbonyl (C=O) groups is 1. The maximum Gasteiger partial charge on any atom is 0.269 e. The second-order valence-electron chi connectivity index (χ2n) is 6.87. The highest BCUT2D eigenvalue weighted by atomic mass is 32.2. The fraction of sp³-hybridized carbons (Fsp3) is 0.333. The van der Waals surface area contributed by atoms with Crippen LogP contribution in [0.4, 0.5) is 5.69 Å². The number of non-ortho nitro benzene ring substituents is 1. The van der Waals surface area contributed by atoms with Crippen molar-refractivity contribution in [1.82, 2.24) is 18.9 Å². The summed E-state index contributed by atoms with van der Waals surface area (Å²) in [4.78, 5) is 27.7. The van der Waals surface area contributed by atoms with Crippen LogP contribution in [0.5, 0.6) is 0 Å². The summed E-state index contributed by atoms with van der Waals surface area (Å²) >= 11 is 0.